The van der Waals surface area contributed by atoms with E-state index in [9.17, 15) is 13.2 Å². The summed E-state index contributed by atoms with van der Waals surface area (Å²) in [5.41, 5.74) is 0.161. The lowest BCUT2D eigenvalue weighted by Crippen LogP contribution is -1.93. The minimum Gasteiger partial charge on any atom is -0.392 e. The van der Waals surface area contributed by atoms with Gasteiger partial charge in [-0.2, -0.15) is 0 Å². The summed E-state index contributed by atoms with van der Waals surface area (Å²) < 4.78 is 40.2. The van der Waals surface area contributed by atoms with Gasteiger partial charge in [-0.05, 0) is 35.9 Å². The standard InChI is InChI=1S/C13H9F3OS/c14-9-2-1-3-10(6-9)18-13-11(15)4-8(7-17)5-12(13)16/h1-6,17H,7H2. The summed E-state index contributed by atoms with van der Waals surface area (Å²) in [5.74, 6) is -2.01. The van der Waals surface area contributed by atoms with Gasteiger partial charge in [0.15, 0.2) is 0 Å². The average Bonchev–Trinajstić information content (AvgIpc) is 2.33. The highest BCUT2D eigenvalue weighted by atomic mass is 32.2. The van der Waals surface area contributed by atoms with Crippen molar-refractivity contribution in [3.63, 3.8) is 0 Å². The molecule has 18 heavy (non-hydrogen) atoms. The molecule has 0 saturated carbocycles. The van der Waals surface area contributed by atoms with Crippen molar-refractivity contribution in [2.75, 3.05) is 0 Å². The van der Waals surface area contributed by atoms with Crippen molar-refractivity contribution in [1.29, 1.82) is 0 Å². The third-order valence-corrected chi connectivity index (χ3v) is 3.34. The maximum Gasteiger partial charge on any atom is 0.140 e. The minimum atomic E-state index is -0.770. The molecule has 94 valence electrons. The second-order valence-electron chi connectivity index (χ2n) is 3.61. The topological polar surface area (TPSA) is 20.2 Å². The molecule has 0 spiro atoms. The molecule has 2 rings (SSSR count). The normalized spacial score (nSPS) is 10.7. The van der Waals surface area contributed by atoms with Gasteiger partial charge < -0.3 is 5.11 Å². The molecule has 0 atom stereocenters. The molecule has 1 nitrogen and oxygen atoms in total. The smallest absolute Gasteiger partial charge is 0.140 e. The van der Waals surface area contributed by atoms with Crippen LogP contribution in [0, 0.1) is 17.5 Å². The van der Waals surface area contributed by atoms with Crippen LogP contribution in [0.5, 0.6) is 0 Å². The van der Waals surface area contributed by atoms with Crippen LogP contribution in [-0.4, -0.2) is 5.11 Å². The largest absolute Gasteiger partial charge is 0.392 e. The zero-order chi connectivity index (χ0) is 13.1. The molecule has 0 saturated heterocycles. The van der Waals surface area contributed by atoms with Gasteiger partial charge in [-0.3, -0.25) is 0 Å². The van der Waals surface area contributed by atoms with Gasteiger partial charge in [0.2, 0.25) is 0 Å². The Morgan fingerprint density at radius 1 is 1.00 bits per heavy atom. The number of halogens is 3. The molecule has 0 heterocycles. The van der Waals surface area contributed by atoms with Gasteiger partial charge in [-0.1, -0.05) is 17.8 Å². The molecule has 0 unspecified atom stereocenters. The zero-order valence-electron chi connectivity index (χ0n) is 9.16. The molecule has 2 aromatic rings. The lowest BCUT2D eigenvalue weighted by Gasteiger charge is -2.06. The summed E-state index contributed by atoms with van der Waals surface area (Å²) in [4.78, 5) is 0.197. The van der Waals surface area contributed by atoms with Gasteiger partial charge in [0, 0.05) is 4.90 Å². The highest BCUT2D eigenvalue weighted by molar-refractivity contribution is 7.99. The van der Waals surface area contributed by atoms with E-state index in [2.05, 4.69) is 0 Å². The fourth-order valence-corrected chi connectivity index (χ4v) is 2.32. The van der Waals surface area contributed by atoms with Crippen molar-refractivity contribution in [3.8, 4) is 0 Å². The van der Waals surface area contributed by atoms with E-state index in [-0.39, 0.29) is 10.5 Å². The molecule has 0 aromatic heterocycles. The Morgan fingerprint density at radius 3 is 2.22 bits per heavy atom. The molecule has 0 radical (unpaired) electrons. The molecular formula is C13H9F3OS. The van der Waals surface area contributed by atoms with Gasteiger partial charge in [-0.15, -0.1) is 0 Å². The fourth-order valence-electron chi connectivity index (χ4n) is 1.45. The van der Waals surface area contributed by atoms with Crippen LogP contribution >= 0.6 is 11.8 Å². The van der Waals surface area contributed by atoms with Crippen molar-refractivity contribution in [1.82, 2.24) is 0 Å². The van der Waals surface area contributed by atoms with Gasteiger partial charge in [0.1, 0.15) is 17.5 Å². The maximum absolute atomic E-state index is 13.6. The Hall–Kier alpha value is -1.46. The minimum absolute atomic E-state index is 0.161. The monoisotopic (exact) mass is 270 g/mol. The Bertz CT molecular complexity index is 549. The summed E-state index contributed by atoms with van der Waals surface area (Å²) in [6.45, 7) is -0.432. The molecule has 1 N–H and O–H groups in total. The second kappa shape index (κ2) is 5.46. The number of hydrogen-bond donors (Lipinski definition) is 1. The van der Waals surface area contributed by atoms with E-state index >= 15 is 0 Å². The maximum atomic E-state index is 13.6. The van der Waals surface area contributed by atoms with Gasteiger partial charge >= 0.3 is 0 Å². The number of benzene rings is 2. The number of aliphatic hydroxyl groups excluding tert-OH is 1. The van der Waals surface area contributed by atoms with E-state index in [4.69, 9.17) is 5.11 Å². The van der Waals surface area contributed by atoms with Crippen LogP contribution < -0.4 is 0 Å². The molecular weight excluding hydrogens is 261 g/mol. The van der Waals surface area contributed by atoms with E-state index < -0.39 is 24.1 Å². The molecule has 0 fully saturated rings. The summed E-state index contributed by atoms with van der Waals surface area (Å²) in [5, 5.41) is 8.81. The van der Waals surface area contributed by atoms with E-state index in [1.165, 1.54) is 18.2 Å². The third-order valence-electron chi connectivity index (χ3n) is 2.26. The first kappa shape index (κ1) is 13.0. The van der Waals surface area contributed by atoms with E-state index in [0.29, 0.717) is 4.90 Å². The number of rotatable bonds is 3. The first-order chi connectivity index (χ1) is 8.60. The Kier molecular flexibility index (Phi) is 3.93. The molecule has 0 bridgehead atoms. The Labute approximate surface area is 106 Å². The van der Waals surface area contributed by atoms with Crippen molar-refractivity contribution in [2.45, 2.75) is 16.4 Å². The molecule has 2 aromatic carbocycles. The molecule has 0 aliphatic carbocycles. The fraction of sp³-hybridized carbons (Fsp3) is 0.0769. The predicted octanol–water partition coefficient (Wildman–Crippen LogP) is 3.75. The first-order valence-corrected chi connectivity index (χ1v) is 5.94. The molecule has 0 aliphatic heterocycles. The predicted molar refractivity (Wildman–Crippen MR) is 62.8 cm³/mol. The van der Waals surface area contributed by atoms with Crippen molar-refractivity contribution >= 4 is 11.8 Å². The molecule has 5 heteroatoms. The van der Waals surface area contributed by atoms with Crippen LogP contribution in [0.2, 0.25) is 0 Å². The van der Waals surface area contributed by atoms with Crippen LogP contribution in [0.1, 0.15) is 5.56 Å². The highest BCUT2D eigenvalue weighted by Gasteiger charge is 2.12. The average molecular weight is 270 g/mol. The van der Waals surface area contributed by atoms with Gasteiger partial charge in [0.05, 0.1) is 11.5 Å². The van der Waals surface area contributed by atoms with E-state index in [1.807, 2.05) is 0 Å². The number of aliphatic hydroxyl groups is 1. The van der Waals surface area contributed by atoms with E-state index in [1.54, 1.807) is 6.07 Å². The van der Waals surface area contributed by atoms with Crippen LogP contribution in [-0.2, 0) is 6.61 Å². The van der Waals surface area contributed by atoms with Crippen molar-refractivity contribution in [2.24, 2.45) is 0 Å². The zero-order valence-corrected chi connectivity index (χ0v) is 9.98. The summed E-state index contributed by atoms with van der Waals surface area (Å²) in [7, 11) is 0. The third kappa shape index (κ3) is 2.86. The lowest BCUT2D eigenvalue weighted by atomic mass is 10.2. The molecule has 0 amide bonds. The van der Waals surface area contributed by atoms with E-state index in [0.717, 1.165) is 23.9 Å². The Balaban J connectivity index is 2.35. The van der Waals surface area contributed by atoms with Crippen LogP contribution in [0.25, 0.3) is 0 Å². The quantitative estimate of drug-likeness (QED) is 0.916. The number of hydrogen-bond acceptors (Lipinski definition) is 2. The summed E-state index contributed by atoms with van der Waals surface area (Å²) >= 11 is 0.803. The second-order valence-corrected chi connectivity index (χ2v) is 4.69. The van der Waals surface area contributed by atoms with Crippen LogP contribution in [0.3, 0.4) is 0 Å². The first-order valence-electron chi connectivity index (χ1n) is 5.12. The van der Waals surface area contributed by atoms with Crippen molar-refractivity contribution < 1.29 is 18.3 Å². The highest BCUT2D eigenvalue weighted by Crippen LogP contribution is 2.32. The molecule has 0 aliphatic rings. The van der Waals surface area contributed by atoms with Crippen LogP contribution in [0.15, 0.2) is 46.2 Å². The van der Waals surface area contributed by atoms with Gasteiger partial charge in [-0.25, -0.2) is 13.2 Å². The van der Waals surface area contributed by atoms with Gasteiger partial charge in [0.25, 0.3) is 0 Å². The Morgan fingerprint density at radius 2 is 1.67 bits per heavy atom. The van der Waals surface area contributed by atoms with Crippen LogP contribution in [0.4, 0.5) is 13.2 Å². The van der Waals surface area contributed by atoms with Crippen molar-refractivity contribution in [3.05, 3.63) is 59.4 Å². The summed E-state index contributed by atoms with van der Waals surface area (Å²) in [6, 6.07) is 7.60. The summed E-state index contributed by atoms with van der Waals surface area (Å²) in [6.07, 6.45) is 0. The lowest BCUT2D eigenvalue weighted by molar-refractivity contribution is 0.280. The SMILES string of the molecule is OCc1cc(F)c(Sc2cccc(F)c2)c(F)c1.